The number of hydrogen-bond acceptors (Lipinski definition) is 3. The van der Waals surface area contributed by atoms with Gasteiger partial charge in [-0.15, -0.1) is 0 Å². The summed E-state index contributed by atoms with van der Waals surface area (Å²) < 4.78 is 13.5. The summed E-state index contributed by atoms with van der Waals surface area (Å²) >= 11 is 0. The first-order valence-electron chi connectivity index (χ1n) is 6.52. The summed E-state index contributed by atoms with van der Waals surface area (Å²) in [4.78, 5) is 11.9. The molecule has 4 nitrogen and oxygen atoms in total. The summed E-state index contributed by atoms with van der Waals surface area (Å²) in [5.41, 5.74) is 5.85. The number of nitrogen functional groups attached to an aromatic ring is 1. The average molecular weight is 268 g/mol. The van der Waals surface area contributed by atoms with Gasteiger partial charge in [0.15, 0.2) is 0 Å². The molecule has 5 heteroatoms. The number of aliphatic hydroxyl groups excluding tert-OH is 1. The Hall–Kier alpha value is -1.62. The Balaban J connectivity index is 2.61. The third-order valence-electron chi connectivity index (χ3n) is 3.02. The Labute approximate surface area is 112 Å². The third kappa shape index (κ3) is 4.87. The predicted molar refractivity (Wildman–Crippen MR) is 73.2 cm³/mol. The van der Waals surface area contributed by atoms with Gasteiger partial charge < -0.3 is 16.2 Å². The van der Waals surface area contributed by atoms with Crippen LogP contribution in [0.2, 0.25) is 0 Å². The number of benzene rings is 1. The molecule has 0 saturated heterocycles. The van der Waals surface area contributed by atoms with Crippen molar-refractivity contribution in [3.63, 3.8) is 0 Å². The van der Waals surface area contributed by atoms with Gasteiger partial charge in [0.2, 0.25) is 0 Å². The van der Waals surface area contributed by atoms with E-state index in [1.807, 2.05) is 6.92 Å². The molecular formula is C14H21FN2O2. The number of halogens is 1. The van der Waals surface area contributed by atoms with Gasteiger partial charge >= 0.3 is 0 Å². The predicted octanol–water partition coefficient (Wildman–Crippen LogP) is 1.94. The van der Waals surface area contributed by atoms with E-state index in [1.165, 1.54) is 18.2 Å². The first kappa shape index (κ1) is 15.4. The molecular weight excluding hydrogens is 247 g/mol. The quantitative estimate of drug-likeness (QED) is 0.661. The van der Waals surface area contributed by atoms with Gasteiger partial charge in [0, 0.05) is 18.8 Å². The number of aliphatic hydroxyl groups is 1. The van der Waals surface area contributed by atoms with Crippen molar-refractivity contribution in [2.24, 2.45) is 5.92 Å². The molecule has 0 heterocycles. The molecule has 19 heavy (non-hydrogen) atoms. The maximum absolute atomic E-state index is 13.5. The molecule has 0 saturated carbocycles. The van der Waals surface area contributed by atoms with E-state index in [0.717, 1.165) is 12.8 Å². The zero-order chi connectivity index (χ0) is 14.3. The van der Waals surface area contributed by atoms with E-state index in [2.05, 4.69) is 5.32 Å². The largest absolute Gasteiger partial charge is 0.399 e. The smallest absolute Gasteiger partial charge is 0.254 e. The second-order valence-electron chi connectivity index (χ2n) is 4.62. The SMILES string of the molecule is CCCC(CCO)CNC(=O)c1cc(N)ccc1F. The van der Waals surface area contributed by atoms with E-state index in [-0.39, 0.29) is 18.1 Å². The summed E-state index contributed by atoms with van der Waals surface area (Å²) in [6.45, 7) is 2.57. The van der Waals surface area contributed by atoms with Gasteiger partial charge in [-0.2, -0.15) is 0 Å². The number of carbonyl (C=O) groups excluding carboxylic acids is 1. The minimum absolute atomic E-state index is 0.0424. The summed E-state index contributed by atoms with van der Waals surface area (Å²) in [5.74, 6) is -0.840. The van der Waals surface area contributed by atoms with Crippen molar-refractivity contribution in [1.82, 2.24) is 5.32 Å². The number of amides is 1. The maximum Gasteiger partial charge on any atom is 0.254 e. The first-order valence-corrected chi connectivity index (χ1v) is 6.52. The number of nitrogens with one attached hydrogen (secondary N) is 1. The van der Waals surface area contributed by atoms with Gasteiger partial charge in [-0.25, -0.2) is 4.39 Å². The summed E-state index contributed by atoms with van der Waals surface area (Å²) in [6, 6.07) is 3.92. The van der Waals surface area contributed by atoms with Crippen LogP contribution in [-0.4, -0.2) is 24.2 Å². The second-order valence-corrected chi connectivity index (χ2v) is 4.62. The lowest BCUT2D eigenvalue weighted by Crippen LogP contribution is -2.30. The van der Waals surface area contributed by atoms with E-state index >= 15 is 0 Å². The normalized spacial score (nSPS) is 12.2. The van der Waals surface area contributed by atoms with Crippen LogP contribution in [0.1, 0.15) is 36.5 Å². The molecule has 4 N–H and O–H groups in total. The minimum Gasteiger partial charge on any atom is -0.399 e. The zero-order valence-corrected chi connectivity index (χ0v) is 11.2. The number of anilines is 1. The van der Waals surface area contributed by atoms with Gasteiger partial charge in [-0.3, -0.25) is 4.79 Å². The monoisotopic (exact) mass is 268 g/mol. The highest BCUT2D eigenvalue weighted by atomic mass is 19.1. The van der Waals surface area contributed by atoms with Crippen LogP contribution in [0.15, 0.2) is 18.2 Å². The molecule has 0 aromatic heterocycles. The molecule has 1 amide bonds. The fourth-order valence-electron chi connectivity index (χ4n) is 1.99. The van der Waals surface area contributed by atoms with Crippen molar-refractivity contribution >= 4 is 11.6 Å². The molecule has 0 aliphatic carbocycles. The van der Waals surface area contributed by atoms with E-state index in [1.54, 1.807) is 0 Å². The highest BCUT2D eigenvalue weighted by molar-refractivity contribution is 5.95. The Morgan fingerprint density at radius 1 is 1.47 bits per heavy atom. The summed E-state index contributed by atoms with van der Waals surface area (Å²) in [7, 11) is 0. The van der Waals surface area contributed by atoms with Crippen LogP contribution >= 0.6 is 0 Å². The van der Waals surface area contributed by atoms with Crippen LogP contribution in [0, 0.1) is 11.7 Å². The van der Waals surface area contributed by atoms with Crippen molar-refractivity contribution < 1.29 is 14.3 Å². The van der Waals surface area contributed by atoms with Crippen LogP contribution in [0.3, 0.4) is 0 Å². The lowest BCUT2D eigenvalue weighted by atomic mass is 10.00. The van der Waals surface area contributed by atoms with Crippen molar-refractivity contribution in [2.75, 3.05) is 18.9 Å². The maximum atomic E-state index is 13.5. The van der Waals surface area contributed by atoms with Crippen molar-refractivity contribution in [3.05, 3.63) is 29.6 Å². The highest BCUT2D eigenvalue weighted by Gasteiger charge is 2.14. The molecule has 0 fully saturated rings. The summed E-state index contributed by atoms with van der Waals surface area (Å²) in [5, 5.41) is 11.6. The number of hydrogen-bond donors (Lipinski definition) is 3. The molecule has 1 unspecified atom stereocenters. The number of rotatable bonds is 7. The molecule has 0 aliphatic heterocycles. The molecule has 106 valence electrons. The second kappa shape index (κ2) is 7.74. The average Bonchev–Trinajstić information content (AvgIpc) is 2.39. The van der Waals surface area contributed by atoms with Crippen LogP contribution in [0.25, 0.3) is 0 Å². The Kier molecular flexibility index (Phi) is 6.29. The van der Waals surface area contributed by atoms with Gasteiger partial charge in [0.05, 0.1) is 5.56 Å². The zero-order valence-electron chi connectivity index (χ0n) is 11.2. The molecule has 0 aliphatic rings. The van der Waals surface area contributed by atoms with Crippen LogP contribution in [0.5, 0.6) is 0 Å². The minimum atomic E-state index is -0.583. The van der Waals surface area contributed by atoms with Crippen molar-refractivity contribution in [2.45, 2.75) is 26.2 Å². The molecule has 1 aromatic carbocycles. The van der Waals surface area contributed by atoms with Crippen molar-refractivity contribution in [3.8, 4) is 0 Å². The molecule has 1 atom stereocenters. The topological polar surface area (TPSA) is 75.3 Å². The van der Waals surface area contributed by atoms with Gasteiger partial charge in [0.1, 0.15) is 5.82 Å². The van der Waals surface area contributed by atoms with Gasteiger partial charge in [-0.1, -0.05) is 13.3 Å². The Morgan fingerprint density at radius 3 is 2.84 bits per heavy atom. The van der Waals surface area contributed by atoms with Crippen molar-refractivity contribution in [1.29, 1.82) is 0 Å². The standard InChI is InChI=1S/C14H21FN2O2/c1-2-3-10(6-7-18)9-17-14(19)12-8-11(16)4-5-13(12)15/h4-5,8,10,18H,2-3,6-7,9,16H2,1H3,(H,17,19). The fourth-order valence-corrected chi connectivity index (χ4v) is 1.99. The Bertz CT molecular complexity index is 418. The third-order valence-corrected chi connectivity index (χ3v) is 3.02. The molecule has 1 rings (SSSR count). The van der Waals surface area contributed by atoms with E-state index < -0.39 is 11.7 Å². The molecule has 0 radical (unpaired) electrons. The van der Waals surface area contributed by atoms with E-state index in [0.29, 0.717) is 18.7 Å². The lowest BCUT2D eigenvalue weighted by Gasteiger charge is -2.15. The number of nitrogens with two attached hydrogens (primary N) is 1. The van der Waals surface area contributed by atoms with E-state index in [4.69, 9.17) is 10.8 Å². The first-order chi connectivity index (χ1) is 9.08. The fraction of sp³-hybridized carbons (Fsp3) is 0.500. The molecule has 0 spiro atoms. The van der Waals surface area contributed by atoms with Crippen LogP contribution < -0.4 is 11.1 Å². The van der Waals surface area contributed by atoms with Gasteiger partial charge in [-0.05, 0) is 37.0 Å². The lowest BCUT2D eigenvalue weighted by molar-refractivity contribution is 0.0939. The van der Waals surface area contributed by atoms with Crippen LogP contribution in [-0.2, 0) is 0 Å². The molecule has 0 bridgehead atoms. The molecule has 1 aromatic rings. The van der Waals surface area contributed by atoms with E-state index in [9.17, 15) is 9.18 Å². The highest BCUT2D eigenvalue weighted by Crippen LogP contribution is 2.13. The van der Waals surface area contributed by atoms with Gasteiger partial charge in [0.25, 0.3) is 5.91 Å². The van der Waals surface area contributed by atoms with Crippen LogP contribution in [0.4, 0.5) is 10.1 Å². The summed E-state index contributed by atoms with van der Waals surface area (Å²) in [6.07, 6.45) is 2.53. The Morgan fingerprint density at radius 2 is 2.21 bits per heavy atom. The number of carbonyl (C=O) groups is 1.